The van der Waals surface area contributed by atoms with E-state index in [9.17, 15) is 4.39 Å². The number of nitrogens with one attached hydrogen (secondary N) is 1. The van der Waals surface area contributed by atoms with Crippen LogP contribution in [-0.2, 0) is 0 Å². The third-order valence-electron chi connectivity index (χ3n) is 5.18. The van der Waals surface area contributed by atoms with Crippen LogP contribution >= 0.6 is 0 Å². The first kappa shape index (κ1) is 13.1. The normalized spacial score (nSPS) is 22.8. The van der Waals surface area contributed by atoms with Gasteiger partial charge in [0.15, 0.2) is 0 Å². The largest absolute Gasteiger partial charge is 0.309 e. The van der Waals surface area contributed by atoms with Gasteiger partial charge in [0.25, 0.3) is 0 Å². The summed E-state index contributed by atoms with van der Waals surface area (Å²) in [6.45, 7) is 3.44. The molecule has 2 fully saturated rings. The Labute approximate surface area is 115 Å². The van der Waals surface area contributed by atoms with Gasteiger partial charge in [-0.2, -0.15) is 0 Å². The van der Waals surface area contributed by atoms with E-state index in [1.807, 2.05) is 12.1 Å². The first-order valence-electron chi connectivity index (χ1n) is 7.71. The highest BCUT2D eigenvalue weighted by molar-refractivity contribution is 5.22. The van der Waals surface area contributed by atoms with Gasteiger partial charge in [-0.25, -0.2) is 4.39 Å². The Morgan fingerprint density at radius 3 is 2.42 bits per heavy atom. The second-order valence-corrected chi connectivity index (χ2v) is 6.45. The minimum atomic E-state index is -0.137. The Balaban J connectivity index is 1.66. The molecule has 0 amide bonds. The molecule has 1 aromatic rings. The molecule has 1 atom stereocenters. The van der Waals surface area contributed by atoms with Gasteiger partial charge < -0.3 is 5.32 Å². The van der Waals surface area contributed by atoms with Gasteiger partial charge in [0.1, 0.15) is 5.82 Å². The number of halogens is 1. The van der Waals surface area contributed by atoms with Crippen molar-refractivity contribution < 1.29 is 4.39 Å². The quantitative estimate of drug-likeness (QED) is 0.798. The first-order chi connectivity index (χ1) is 9.22. The van der Waals surface area contributed by atoms with Crippen LogP contribution in [0.3, 0.4) is 0 Å². The molecule has 0 aliphatic heterocycles. The third-order valence-corrected chi connectivity index (χ3v) is 5.18. The van der Waals surface area contributed by atoms with Crippen LogP contribution in [0.5, 0.6) is 0 Å². The predicted molar refractivity (Wildman–Crippen MR) is 76.4 cm³/mol. The van der Waals surface area contributed by atoms with Crippen molar-refractivity contribution in [2.75, 3.05) is 6.54 Å². The van der Waals surface area contributed by atoms with E-state index in [1.54, 1.807) is 12.1 Å². The fourth-order valence-corrected chi connectivity index (χ4v) is 3.31. The standard InChI is InChI=1S/C17H24FN/c1-2-17(10-3-11-17)12-19-16(13-4-5-13)14-6-8-15(18)9-7-14/h6-9,13,16,19H,2-5,10-12H2,1H3. The zero-order valence-electron chi connectivity index (χ0n) is 11.8. The topological polar surface area (TPSA) is 12.0 Å². The molecule has 19 heavy (non-hydrogen) atoms. The van der Waals surface area contributed by atoms with Gasteiger partial charge in [-0.1, -0.05) is 25.5 Å². The van der Waals surface area contributed by atoms with Crippen LogP contribution < -0.4 is 5.32 Å². The van der Waals surface area contributed by atoms with E-state index in [0.717, 1.165) is 12.5 Å². The van der Waals surface area contributed by atoms with Gasteiger partial charge in [-0.3, -0.25) is 0 Å². The van der Waals surface area contributed by atoms with Crippen molar-refractivity contribution >= 4 is 0 Å². The third kappa shape index (κ3) is 2.84. The molecular formula is C17H24FN. The van der Waals surface area contributed by atoms with Crippen LogP contribution in [0.1, 0.15) is 57.1 Å². The summed E-state index contributed by atoms with van der Waals surface area (Å²) >= 11 is 0. The first-order valence-corrected chi connectivity index (χ1v) is 7.71. The molecule has 2 heteroatoms. The molecule has 3 rings (SSSR count). The molecule has 1 aromatic carbocycles. The van der Waals surface area contributed by atoms with Crippen LogP contribution in [0, 0.1) is 17.2 Å². The Morgan fingerprint density at radius 1 is 1.26 bits per heavy atom. The monoisotopic (exact) mass is 261 g/mol. The van der Waals surface area contributed by atoms with Crippen LogP contribution in [0.25, 0.3) is 0 Å². The maximum Gasteiger partial charge on any atom is 0.123 e. The molecule has 1 N–H and O–H groups in total. The summed E-state index contributed by atoms with van der Waals surface area (Å²) in [5.41, 5.74) is 1.81. The molecule has 0 bridgehead atoms. The molecule has 2 saturated carbocycles. The summed E-state index contributed by atoms with van der Waals surface area (Å²) in [6.07, 6.45) is 8.04. The van der Waals surface area contributed by atoms with Crippen molar-refractivity contribution in [1.82, 2.24) is 5.32 Å². The van der Waals surface area contributed by atoms with E-state index in [2.05, 4.69) is 12.2 Å². The number of benzene rings is 1. The van der Waals surface area contributed by atoms with Crippen LogP contribution in [0.2, 0.25) is 0 Å². The van der Waals surface area contributed by atoms with Gasteiger partial charge in [0.05, 0.1) is 0 Å². The van der Waals surface area contributed by atoms with Crippen LogP contribution in [0.15, 0.2) is 24.3 Å². The van der Waals surface area contributed by atoms with E-state index in [1.165, 1.54) is 44.1 Å². The highest BCUT2D eigenvalue weighted by Crippen LogP contribution is 2.45. The van der Waals surface area contributed by atoms with Gasteiger partial charge >= 0.3 is 0 Å². The van der Waals surface area contributed by atoms with E-state index in [-0.39, 0.29) is 5.82 Å². The van der Waals surface area contributed by atoms with Crippen molar-refractivity contribution in [2.24, 2.45) is 11.3 Å². The lowest BCUT2D eigenvalue weighted by Crippen LogP contribution is -2.41. The lowest BCUT2D eigenvalue weighted by molar-refractivity contribution is 0.117. The molecule has 1 unspecified atom stereocenters. The minimum absolute atomic E-state index is 0.137. The van der Waals surface area contributed by atoms with E-state index < -0.39 is 0 Å². The molecule has 0 saturated heterocycles. The lowest BCUT2D eigenvalue weighted by atomic mass is 9.67. The Kier molecular flexibility index (Phi) is 3.62. The summed E-state index contributed by atoms with van der Waals surface area (Å²) in [5, 5.41) is 3.79. The smallest absolute Gasteiger partial charge is 0.123 e. The summed E-state index contributed by atoms with van der Waals surface area (Å²) in [6, 6.07) is 7.51. The molecule has 0 spiro atoms. The van der Waals surface area contributed by atoms with Crippen molar-refractivity contribution in [1.29, 1.82) is 0 Å². The molecule has 2 aliphatic carbocycles. The molecule has 1 nitrogen and oxygen atoms in total. The molecular weight excluding hydrogens is 237 g/mol. The second kappa shape index (κ2) is 5.24. The van der Waals surface area contributed by atoms with E-state index >= 15 is 0 Å². The highest BCUT2D eigenvalue weighted by atomic mass is 19.1. The van der Waals surface area contributed by atoms with Crippen LogP contribution in [-0.4, -0.2) is 6.54 Å². The zero-order chi connectivity index (χ0) is 13.3. The van der Waals surface area contributed by atoms with Crippen molar-refractivity contribution in [3.8, 4) is 0 Å². The minimum Gasteiger partial charge on any atom is -0.309 e. The average molecular weight is 261 g/mol. The Bertz CT molecular complexity index is 412. The summed E-state index contributed by atoms with van der Waals surface area (Å²) in [4.78, 5) is 0. The highest BCUT2D eigenvalue weighted by Gasteiger charge is 2.38. The lowest BCUT2D eigenvalue weighted by Gasteiger charge is -2.42. The number of rotatable bonds is 6. The fraction of sp³-hybridized carbons (Fsp3) is 0.647. The van der Waals surface area contributed by atoms with Crippen molar-refractivity contribution in [3.63, 3.8) is 0 Å². The Morgan fingerprint density at radius 2 is 1.95 bits per heavy atom. The van der Waals surface area contributed by atoms with Crippen molar-refractivity contribution in [2.45, 2.75) is 51.5 Å². The van der Waals surface area contributed by atoms with E-state index in [4.69, 9.17) is 0 Å². The number of hydrogen-bond acceptors (Lipinski definition) is 1. The molecule has 0 aromatic heterocycles. The predicted octanol–water partition coefficient (Wildman–Crippen LogP) is 4.45. The average Bonchev–Trinajstić information content (AvgIpc) is 3.19. The Hall–Kier alpha value is -0.890. The van der Waals surface area contributed by atoms with Gasteiger partial charge in [0, 0.05) is 12.6 Å². The summed E-state index contributed by atoms with van der Waals surface area (Å²) in [5.74, 6) is 0.627. The van der Waals surface area contributed by atoms with Crippen molar-refractivity contribution in [3.05, 3.63) is 35.6 Å². The van der Waals surface area contributed by atoms with Gasteiger partial charge in [0.2, 0.25) is 0 Å². The molecule has 104 valence electrons. The van der Waals surface area contributed by atoms with Gasteiger partial charge in [-0.15, -0.1) is 0 Å². The van der Waals surface area contributed by atoms with E-state index in [0.29, 0.717) is 11.5 Å². The molecule has 2 aliphatic rings. The maximum atomic E-state index is 13.0. The number of hydrogen-bond donors (Lipinski definition) is 1. The molecule has 0 heterocycles. The summed E-state index contributed by atoms with van der Waals surface area (Å²) < 4.78 is 13.0. The fourth-order valence-electron chi connectivity index (χ4n) is 3.31. The molecule has 0 radical (unpaired) electrons. The maximum absolute atomic E-state index is 13.0. The van der Waals surface area contributed by atoms with Gasteiger partial charge in [-0.05, 0) is 61.1 Å². The second-order valence-electron chi connectivity index (χ2n) is 6.45. The summed E-state index contributed by atoms with van der Waals surface area (Å²) in [7, 11) is 0. The van der Waals surface area contributed by atoms with Crippen LogP contribution in [0.4, 0.5) is 4.39 Å². The SMILES string of the molecule is CCC1(CNC(c2ccc(F)cc2)C2CC2)CCC1. The zero-order valence-corrected chi connectivity index (χ0v) is 11.8.